The van der Waals surface area contributed by atoms with Gasteiger partial charge in [0, 0.05) is 25.7 Å². The summed E-state index contributed by atoms with van der Waals surface area (Å²) in [7, 11) is 0. The smallest absolute Gasteiger partial charge is 0.354 e. The van der Waals surface area contributed by atoms with Crippen molar-refractivity contribution in [3.05, 3.63) is 59.8 Å². The van der Waals surface area contributed by atoms with E-state index in [0.717, 1.165) is 38.9 Å². The summed E-state index contributed by atoms with van der Waals surface area (Å²) >= 11 is 0. The minimum absolute atomic E-state index is 0.0836. The molecule has 0 saturated carbocycles. The van der Waals surface area contributed by atoms with Crippen molar-refractivity contribution in [3.63, 3.8) is 0 Å². The molecule has 1 saturated heterocycles. The van der Waals surface area contributed by atoms with Crippen LogP contribution in [0.25, 0.3) is 0 Å². The fourth-order valence-corrected chi connectivity index (χ4v) is 3.08. The molecule has 0 aliphatic carbocycles. The Morgan fingerprint density at radius 2 is 1.88 bits per heavy atom. The second-order valence-electron chi connectivity index (χ2n) is 6.21. The lowest BCUT2D eigenvalue weighted by molar-refractivity contribution is 0.0690. The van der Waals surface area contributed by atoms with Crippen LogP contribution in [0, 0.1) is 0 Å². The zero-order valence-electron chi connectivity index (χ0n) is 13.7. The molecule has 1 aromatic heterocycles. The van der Waals surface area contributed by atoms with Gasteiger partial charge in [-0.1, -0.05) is 36.4 Å². The van der Waals surface area contributed by atoms with Crippen LogP contribution in [0.4, 0.5) is 5.82 Å². The molecule has 1 fully saturated rings. The van der Waals surface area contributed by atoms with E-state index < -0.39 is 5.97 Å². The SMILES string of the molecule is O=C(O)c1cccc(NC2CCN(CCc3ccccc3)CC2)n1. The van der Waals surface area contributed by atoms with Crippen LogP contribution in [-0.2, 0) is 6.42 Å². The van der Waals surface area contributed by atoms with Crippen LogP contribution < -0.4 is 5.32 Å². The second-order valence-corrected chi connectivity index (χ2v) is 6.21. The van der Waals surface area contributed by atoms with E-state index in [1.165, 1.54) is 11.6 Å². The van der Waals surface area contributed by atoms with Crippen LogP contribution in [0.2, 0.25) is 0 Å². The lowest BCUT2D eigenvalue weighted by Gasteiger charge is -2.32. The summed E-state index contributed by atoms with van der Waals surface area (Å²) < 4.78 is 0. The van der Waals surface area contributed by atoms with E-state index in [-0.39, 0.29) is 5.69 Å². The number of benzene rings is 1. The van der Waals surface area contributed by atoms with E-state index in [1.807, 2.05) is 12.1 Å². The average molecular weight is 325 g/mol. The van der Waals surface area contributed by atoms with Crippen molar-refractivity contribution in [2.45, 2.75) is 25.3 Å². The fourth-order valence-electron chi connectivity index (χ4n) is 3.08. The summed E-state index contributed by atoms with van der Waals surface area (Å²) in [5.74, 6) is -0.341. The quantitative estimate of drug-likeness (QED) is 0.855. The molecule has 5 heteroatoms. The molecule has 0 spiro atoms. The fraction of sp³-hybridized carbons (Fsp3) is 0.368. The molecular formula is C19H23N3O2. The number of carboxylic acid groups (broad SMARTS) is 1. The Labute approximate surface area is 142 Å². The number of likely N-dealkylation sites (tertiary alicyclic amines) is 1. The maximum atomic E-state index is 11.0. The van der Waals surface area contributed by atoms with Crippen LogP contribution in [-0.4, -0.2) is 46.6 Å². The molecule has 1 aliphatic heterocycles. The number of carbonyl (C=O) groups is 1. The molecule has 0 bridgehead atoms. The van der Waals surface area contributed by atoms with E-state index in [0.29, 0.717) is 11.9 Å². The van der Waals surface area contributed by atoms with Gasteiger partial charge in [0.2, 0.25) is 0 Å². The van der Waals surface area contributed by atoms with Crippen molar-refractivity contribution in [1.29, 1.82) is 0 Å². The van der Waals surface area contributed by atoms with Crippen LogP contribution in [0.15, 0.2) is 48.5 Å². The summed E-state index contributed by atoms with van der Waals surface area (Å²) in [6.45, 7) is 3.20. The monoisotopic (exact) mass is 325 g/mol. The van der Waals surface area contributed by atoms with Gasteiger partial charge >= 0.3 is 5.97 Å². The molecule has 0 radical (unpaired) electrons. The van der Waals surface area contributed by atoms with Gasteiger partial charge in [-0.05, 0) is 37.0 Å². The Hall–Kier alpha value is -2.40. The minimum Gasteiger partial charge on any atom is -0.477 e. The topological polar surface area (TPSA) is 65.5 Å². The van der Waals surface area contributed by atoms with Gasteiger partial charge in [-0.2, -0.15) is 0 Å². The molecule has 2 aromatic rings. The first-order chi connectivity index (χ1) is 11.7. The summed E-state index contributed by atoms with van der Waals surface area (Å²) in [5.41, 5.74) is 1.47. The first-order valence-corrected chi connectivity index (χ1v) is 8.44. The molecule has 0 atom stereocenters. The van der Waals surface area contributed by atoms with Crippen molar-refractivity contribution in [2.24, 2.45) is 0 Å². The predicted octanol–water partition coefficient (Wildman–Crippen LogP) is 2.90. The van der Waals surface area contributed by atoms with Gasteiger partial charge in [0.25, 0.3) is 0 Å². The molecular weight excluding hydrogens is 302 g/mol. The van der Waals surface area contributed by atoms with Gasteiger partial charge < -0.3 is 15.3 Å². The molecule has 0 unspecified atom stereocenters. The minimum atomic E-state index is -0.991. The van der Waals surface area contributed by atoms with E-state index in [4.69, 9.17) is 5.11 Å². The molecule has 1 aromatic carbocycles. The third-order valence-electron chi connectivity index (χ3n) is 4.47. The molecule has 2 heterocycles. The standard InChI is InChI=1S/C19H23N3O2/c23-19(24)17-7-4-8-18(21-17)20-16-10-13-22(14-11-16)12-9-15-5-2-1-3-6-15/h1-8,16H,9-14H2,(H,20,21)(H,23,24). The van der Waals surface area contributed by atoms with Gasteiger partial charge in [0.15, 0.2) is 5.69 Å². The first-order valence-electron chi connectivity index (χ1n) is 8.44. The number of pyridine rings is 1. The normalized spacial score (nSPS) is 16.0. The Kier molecular flexibility index (Phi) is 5.43. The average Bonchev–Trinajstić information content (AvgIpc) is 2.62. The van der Waals surface area contributed by atoms with Crippen molar-refractivity contribution in [1.82, 2.24) is 9.88 Å². The van der Waals surface area contributed by atoms with Gasteiger partial charge in [-0.25, -0.2) is 9.78 Å². The summed E-state index contributed by atoms with van der Waals surface area (Å²) in [6, 6.07) is 16.0. The van der Waals surface area contributed by atoms with Gasteiger partial charge in [-0.15, -0.1) is 0 Å². The number of nitrogens with zero attached hydrogens (tertiary/aromatic N) is 2. The van der Waals surface area contributed by atoms with Crippen molar-refractivity contribution in [3.8, 4) is 0 Å². The Bertz CT molecular complexity index is 667. The van der Waals surface area contributed by atoms with Crippen molar-refractivity contribution >= 4 is 11.8 Å². The van der Waals surface area contributed by atoms with Crippen LogP contribution in [0.5, 0.6) is 0 Å². The highest BCUT2D eigenvalue weighted by molar-refractivity contribution is 5.85. The zero-order valence-corrected chi connectivity index (χ0v) is 13.7. The lowest BCUT2D eigenvalue weighted by atomic mass is 10.0. The third kappa shape index (κ3) is 4.55. The summed E-state index contributed by atoms with van der Waals surface area (Å²) in [5, 5.41) is 12.4. The predicted molar refractivity (Wildman–Crippen MR) is 94.4 cm³/mol. The second kappa shape index (κ2) is 7.93. The number of hydrogen-bond acceptors (Lipinski definition) is 4. The largest absolute Gasteiger partial charge is 0.477 e. The molecule has 5 nitrogen and oxygen atoms in total. The zero-order chi connectivity index (χ0) is 16.8. The summed E-state index contributed by atoms with van der Waals surface area (Å²) in [4.78, 5) is 17.6. The van der Waals surface area contributed by atoms with Crippen LogP contribution in [0.1, 0.15) is 28.9 Å². The van der Waals surface area contributed by atoms with Crippen molar-refractivity contribution < 1.29 is 9.90 Å². The molecule has 3 rings (SSSR count). The Morgan fingerprint density at radius 1 is 1.12 bits per heavy atom. The maximum absolute atomic E-state index is 11.0. The highest BCUT2D eigenvalue weighted by Gasteiger charge is 2.19. The Morgan fingerprint density at radius 3 is 2.58 bits per heavy atom. The highest BCUT2D eigenvalue weighted by atomic mass is 16.4. The summed E-state index contributed by atoms with van der Waals surface area (Å²) in [6.07, 6.45) is 3.18. The van der Waals surface area contributed by atoms with Crippen molar-refractivity contribution in [2.75, 3.05) is 25.0 Å². The van der Waals surface area contributed by atoms with E-state index >= 15 is 0 Å². The molecule has 1 aliphatic rings. The number of piperidine rings is 1. The lowest BCUT2D eigenvalue weighted by Crippen LogP contribution is -2.40. The van der Waals surface area contributed by atoms with E-state index in [9.17, 15) is 4.79 Å². The number of nitrogens with one attached hydrogen (secondary N) is 1. The van der Waals surface area contributed by atoms with Gasteiger partial charge in [0.05, 0.1) is 0 Å². The van der Waals surface area contributed by atoms with E-state index in [2.05, 4.69) is 39.5 Å². The number of carboxylic acids is 1. The number of aromatic nitrogens is 1. The third-order valence-corrected chi connectivity index (χ3v) is 4.47. The molecule has 126 valence electrons. The molecule has 2 N–H and O–H groups in total. The number of anilines is 1. The molecule has 24 heavy (non-hydrogen) atoms. The van der Waals surface area contributed by atoms with Gasteiger partial charge in [-0.3, -0.25) is 0 Å². The number of rotatable bonds is 6. The highest BCUT2D eigenvalue weighted by Crippen LogP contribution is 2.16. The number of aromatic carboxylic acids is 1. The van der Waals surface area contributed by atoms with E-state index in [1.54, 1.807) is 6.07 Å². The Balaban J connectivity index is 1.45. The maximum Gasteiger partial charge on any atom is 0.354 e. The number of hydrogen-bond donors (Lipinski definition) is 2. The van der Waals surface area contributed by atoms with Crippen LogP contribution >= 0.6 is 0 Å². The van der Waals surface area contributed by atoms with Gasteiger partial charge in [0.1, 0.15) is 5.82 Å². The molecule has 0 amide bonds. The van der Waals surface area contributed by atoms with Crippen LogP contribution in [0.3, 0.4) is 0 Å². The first kappa shape index (κ1) is 16.5.